The van der Waals surface area contributed by atoms with Gasteiger partial charge in [0.15, 0.2) is 0 Å². The molecule has 0 saturated carbocycles. The van der Waals surface area contributed by atoms with Crippen molar-refractivity contribution in [3.63, 3.8) is 0 Å². The van der Waals surface area contributed by atoms with Crippen molar-refractivity contribution in [1.82, 2.24) is 0 Å². The van der Waals surface area contributed by atoms with Crippen LogP contribution in [0.5, 0.6) is 0 Å². The van der Waals surface area contributed by atoms with Crippen LogP contribution >= 0.6 is 0 Å². The molecule has 1 aromatic carbocycles. The molecule has 0 amide bonds. The molecular formula is C13H16N2O2. The van der Waals surface area contributed by atoms with E-state index in [-0.39, 0.29) is 0 Å². The molecule has 0 bridgehead atoms. The van der Waals surface area contributed by atoms with Crippen LogP contribution in [0, 0.1) is 0 Å². The van der Waals surface area contributed by atoms with Gasteiger partial charge in [-0.15, -0.1) is 0 Å². The molecule has 2 rings (SSSR count). The molecule has 0 aliphatic rings. The molecule has 4 N–H and O–H groups in total. The van der Waals surface area contributed by atoms with Crippen molar-refractivity contribution in [1.29, 1.82) is 0 Å². The van der Waals surface area contributed by atoms with Crippen molar-refractivity contribution in [3.8, 4) is 11.3 Å². The van der Waals surface area contributed by atoms with Crippen LogP contribution in [0.15, 0.2) is 34.9 Å². The largest absolute Gasteiger partial charge is 0.464 e. The number of hydrogen-bond donors (Lipinski definition) is 2. The van der Waals surface area contributed by atoms with Gasteiger partial charge >= 0.3 is 0 Å². The van der Waals surface area contributed by atoms with E-state index >= 15 is 0 Å². The van der Waals surface area contributed by atoms with Crippen molar-refractivity contribution < 1.29 is 9.15 Å². The van der Waals surface area contributed by atoms with E-state index in [1.54, 1.807) is 13.4 Å². The van der Waals surface area contributed by atoms with Gasteiger partial charge in [0.05, 0.1) is 24.2 Å². The first-order chi connectivity index (χ1) is 8.22. The number of nitrogen functional groups attached to an aromatic ring is 2. The topological polar surface area (TPSA) is 74.4 Å². The molecule has 0 unspecified atom stereocenters. The number of furan rings is 1. The molecule has 0 aliphatic carbocycles. The molecule has 90 valence electrons. The lowest BCUT2D eigenvalue weighted by Gasteiger charge is -2.09. The summed E-state index contributed by atoms with van der Waals surface area (Å²) in [6.45, 7) is 0.654. The number of methoxy groups -OCH3 is 1. The minimum atomic E-state index is 0.557. The summed E-state index contributed by atoms with van der Waals surface area (Å²) in [6.07, 6.45) is 2.42. The molecule has 4 heteroatoms. The number of ether oxygens (including phenoxy) is 1. The molecule has 1 heterocycles. The minimum absolute atomic E-state index is 0.557. The molecule has 0 saturated heterocycles. The monoisotopic (exact) mass is 232 g/mol. The van der Waals surface area contributed by atoms with Gasteiger partial charge in [-0.2, -0.15) is 0 Å². The van der Waals surface area contributed by atoms with E-state index < -0.39 is 0 Å². The lowest BCUT2D eigenvalue weighted by Crippen LogP contribution is -2.01. The molecule has 0 atom stereocenters. The number of anilines is 2. The summed E-state index contributed by atoms with van der Waals surface area (Å²) in [6, 6.07) is 7.56. The van der Waals surface area contributed by atoms with Gasteiger partial charge in [0.25, 0.3) is 0 Å². The van der Waals surface area contributed by atoms with Gasteiger partial charge in [0, 0.05) is 12.7 Å². The summed E-state index contributed by atoms with van der Waals surface area (Å²) in [4.78, 5) is 0. The lowest BCUT2D eigenvalue weighted by atomic mass is 10.0. The van der Waals surface area contributed by atoms with Crippen molar-refractivity contribution in [2.24, 2.45) is 0 Å². The fourth-order valence-corrected chi connectivity index (χ4v) is 1.74. The fourth-order valence-electron chi connectivity index (χ4n) is 1.74. The average Bonchev–Trinajstić information content (AvgIpc) is 2.84. The zero-order chi connectivity index (χ0) is 12.3. The zero-order valence-corrected chi connectivity index (χ0v) is 9.77. The van der Waals surface area contributed by atoms with E-state index in [9.17, 15) is 0 Å². The lowest BCUT2D eigenvalue weighted by molar-refractivity contribution is 0.202. The normalized spacial score (nSPS) is 10.6. The van der Waals surface area contributed by atoms with Gasteiger partial charge in [0.1, 0.15) is 5.76 Å². The van der Waals surface area contributed by atoms with Gasteiger partial charge in [0.2, 0.25) is 0 Å². The first-order valence-corrected chi connectivity index (χ1v) is 5.43. The highest BCUT2D eigenvalue weighted by atomic mass is 16.5. The van der Waals surface area contributed by atoms with E-state index in [1.165, 1.54) is 0 Å². The summed E-state index contributed by atoms with van der Waals surface area (Å²) in [7, 11) is 1.67. The molecule has 2 aromatic rings. The summed E-state index contributed by atoms with van der Waals surface area (Å²) >= 11 is 0. The van der Waals surface area contributed by atoms with Crippen molar-refractivity contribution in [3.05, 3.63) is 36.1 Å². The van der Waals surface area contributed by atoms with Crippen LogP contribution in [0.25, 0.3) is 11.3 Å². The Hall–Kier alpha value is -1.94. The van der Waals surface area contributed by atoms with Crippen molar-refractivity contribution >= 4 is 11.4 Å². The van der Waals surface area contributed by atoms with Crippen LogP contribution in [-0.2, 0) is 11.2 Å². The first kappa shape index (κ1) is 11.5. The molecule has 0 radical (unpaired) electrons. The molecule has 1 aromatic heterocycles. The number of hydrogen-bond acceptors (Lipinski definition) is 4. The van der Waals surface area contributed by atoms with Crippen LogP contribution in [0.2, 0.25) is 0 Å². The number of nitrogens with two attached hydrogens (primary N) is 2. The second-order valence-corrected chi connectivity index (χ2v) is 3.87. The highest BCUT2D eigenvalue weighted by molar-refractivity contribution is 5.83. The van der Waals surface area contributed by atoms with Crippen molar-refractivity contribution in [2.75, 3.05) is 25.2 Å². The Bertz CT molecular complexity index is 492. The van der Waals surface area contributed by atoms with Gasteiger partial charge in [-0.3, -0.25) is 0 Å². The highest BCUT2D eigenvalue weighted by Gasteiger charge is 2.10. The Morgan fingerprint density at radius 2 is 2.12 bits per heavy atom. The third kappa shape index (κ3) is 2.42. The standard InChI is InChI=1S/C13H16N2O2/c1-16-6-4-9-7-10(12-3-2-5-17-12)13(15)11(14)8-9/h2-3,5,7-8H,4,6,14-15H2,1H3. The third-order valence-electron chi connectivity index (χ3n) is 2.65. The fraction of sp³-hybridized carbons (Fsp3) is 0.231. The van der Waals surface area contributed by atoms with E-state index in [2.05, 4.69) is 0 Å². The number of rotatable bonds is 4. The van der Waals surface area contributed by atoms with E-state index in [0.29, 0.717) is 18.0 Å². The maximum atomic E-state index is 5.96. The zero-order valence-electron chi connectivity index (χ0n) is 9.77. The first-order valence-electron chi connectivity index (χ1n) is 5.43. The Kier molecular flexibility index (Phi) is 3.35. The summed E-state index contributed by atoms with van der Waals surface area (Å²) < 4.78 is 10.4. The Balaban J connectivity index is 2.40. The summed E-state index contributed by atoms with van der Waals surface area (Å²) in [5.41, 5.74) is 14.9. The van der Waals surface area contributed by atoms with Crippen LogP contribution in [0.3, 0.4) is 0 Å². The molecule has 0 spiro atoms. The van der Waals surface area contributed by atoms with E-state index in [4.69, 9.17) is 20.6 Å². The van der Waals surface area contributed by atoms with Crippen LogP contribution in [0.1, 0.15) is 5.56 Å². The minimum Gasteiger partial charge on any atom is -0.464 e. The predicted molar refractivity (Wildman–Crippen MR) is 68.5 cm³/mol. The quantitative estimate of drug-likeness (QED) is 0.793. The number of benzene rings is 1. The van der Waals surface area contributed by atoms with E-state index in [0.717, 1.165) is 23.3 Å². The third-order valence-corrected chi connectivity index (χ3v) is 2.65. The van der Waals surface area contributed by atoms with Crippen LogP contribution < -0.4 is 11.5 Å². The van der Waals surface area contributed by atoms with Gasteiger partial charge in [-0.25, -0.2) is 0 Å². The van der Waals surface area contributed by atoms with E-state index in [1.807, 2.05) is 24.3 Å². The Morgan fingerprint density at radius 3 is 2.76 bits per heavy atom. The smallest absolute Gasteiger partial charge is 0.136 e. The van der Waals surface area contributed by atoms with Crippen LogP contribution in [-0.4, -0.2) is 13.7 Å². The summed E-state index contributed by atoms with van der Waals surface area (Å²) in [5, 5.41) is 0. The molecular weight excluding hydrogens is 216 g/mol. The van der Waals surface area contributed by atoms with Crippen molar-refractivity contribution in [2.45, 2.75) is 6.42 Å². The van der Waals surface area contributed by atoms with Gasteiger partial charge in [-0.1, -0.05) is 0 Å². The molecule has 17 heavy (non-hydrogen) atoms. The van der Waals surface area contributed by atoms with Gasteiger partial charge in [-0.05, 0) is 36.2 Å². The Labute approximate surface area is 100 Å². The second-order valence-electron chi connectivity index (χ2n) is 3.87. The maximum absolute atomic E-state index is 5.96. The SMILES string of the molecule is COCCc1cc(N)c(N)c(-c2ccco2)c1. The predicted octanol–water partition coefficient (Wildman–Crippen LogP) is 2.30. The Morgan fingerprint density at radius 1 is 1.29 bits per heavy atom. The van der Waals surface area contributed by atoms with Crippen LogP contribution in [0.4, 0.5) is 11.4 Å². The summed E-state index contributed by atoms with van der Waals surface area (Å²) in [5.74, 6) is 0.730. The average molecular weight is 232 g/mol. The van der Waals surface area contributed by atoms with Gasteiger partial charge < -0.3 is 20.6 Å². The maximum Gasteiger partial charge on any atom is 0.136 e. The molecule has 0 aliphatic heterocycles. The molecule has 0 fully saturated rings. The molecule has 4 nitrogen and oxygen atoms in total. The second kappa shape index (κ2) is 4.93. The highest BCUT2D eigenvalue weighted by Crippen LogP contribution is 2.32.